The fourth-order valence-electron chi connectivity index (χ4n) is 1.42. The average molecular weight is 287 g/mol. The molecule has 7 heteroatoms. The van der Waals surface area contributed by atoms with Gasteiger partial charge >= 0.3 is 6.03 Å². The number of nitrogens with one attached hydrogen (secondary N) is 1. The van der Waals surface area contributed by atoms with Crippen molar-refractivity contribution < 1.29 is 19.4 Å². The van der Waals surface area contributed by atoms with E-state index in [1.165, 1.54) is 6.92 Å². The third-order valence-electron chi connectivity index (χ3n) is 2.34. The first kappa shape index (κ1) is 15.3. The lowest BCUT2D eigenvalue weighted by atomic mass is 10.1. The van der Waals surface area contributed by atoms with E-state index < -0.39 is 24.1 Å². The number of carbonyl (C=O) groups is 2. The minimum absolute atomic E-state index is 0.312. The number of urea groups is 1. The van der Waals surface area contributed by atoms with Crippen LogP contribution in [-0.4, -0.2) is 23.1 Å². The molecule has 0 spiro atoms. The predicted molar refractivity (Wildman–Crippen MR) is 69.9 cm³/mol. The predicted octanol–water partition coefficient (Wildman–Crippen LogP) is 1.36. The minimum atomic E-state index is -0.952. The molecule has 3 amide bonds. The second kappa shape index (κ2) is 6.40. The number of nitrogens with two attached hydrogens (primary N) is 1. The molecule has 1 unspecified atom stereocenters. The topological polar surface area (TPSA) is 102 Å². The second-order valence-corrected chi connectivity index (χ2v) is 4.41. The highest BCUT2D eigenvalue weighted by atomic mass is 35.5. The Morgan fingerprint density at radius 1 is 1.42 bits per heavy atom. The first-order valence-corrected chi connectivity index (χ1v) is 5.93. The third-order valence-corrected chi connectivity index (χ3v) is 2.58. The monoisotopic (exact) mass is 286 g/mol. The highest BCUT2D eigenvalue weighted by Gasteiger charge is 2.19. The number of amides is 3. The maximum absolute atomic E-state index is 11.5. The smallest absolute Gasteiger partial charge is 0.318 e. The lowest BCUT2D eigenvalue weighted by Gasteiger charge is -2.17. The quantitative estimate of drug-likeness (QED) is 0.777. The summed E-state index contributed by atoms with van der Waals surface area (Å²) in [6.07, 6.45) is -1.74. The van der Waals surface area contributed by atoms with E-state index in [-0.39, 0.29) is 0 Å². The van der Waals surface area contributed by atoms with E-state index in [4.69, 9.17) is 22.1 Å². The fraction of sp³-hybridized carbons (Fsp3) is 0.333. The van der Waals surface area contributed by atoms with Crippen LogP contribution in [0.2, 0.25) is 5.02 Å². The van der Waals surface area contributed by atoms with Gasteiger partial charge < -0.3 is 15.6 Å². The Bertz CT molecular complexity index is 491. The van der Waals surface area contributed by atoms with Gasteiger partial charge in [-0.05, 0) is 32.0 Å². The zero-order valence-electron chi connectivity index (χ0n) is 10.5. The maximum atomic E-state index is 11.5. The summed E-state index contributed by atoms with van der Waals surface area (Å²) in [6, 6.07) is 3.70. The molecule has 1 aromatic carbocycles. The standard InChI is InChI=1S/C12H15ClN2O4/c1-6(16)9-5-8(13)3-4-10(9)19-7(2)11(17)15-12(14)18/h3-7,16H,1-2H3,(H3,14,15,17,18)/t6-,7?/m1/s1. The van der Waals surface area contributed by atoms with Gasteiger partial charge in [0.15, 0.2) is 6.10 Å². The van der Waals surface area contributed by atoms with E-state index in [0.29, 0.717) is 16.3 Å². The van der Waals surface area contributed by atoms with Crippen LogP contribution in [0.3, 0.4) is 0 Å². The summed E-state index contributed by atoms with van der Waals surface area (Å²) in [4.78, 5) is 22.0. The zero-order chi connectivity index (χ0) is 14.6. The molecule has 0 aliphatic rings. The summed E-state index contributed by atoms with van der Waals surface area (Å²) in [7, 11) is 0. The molecule has 4 N–H and O–H groups in total. The van der Waals surface area contributed by atoms with Gasteiger partial charge in [0.25, 0.3) is 5.91 Å². The molecule has 0 saturated carbocycles. The zero-order valence-corrected chi connectivity index (χ0v) is 11.3. The molecule has 1 aromatic rings. The number of hydrogen-bond acceptors (Lipinski definition) is 4. The number of aliphatic hydroxyl groups excluding tert-OH is 1. The van der Waals surface area contributed by atoms with Gasteiger partial charge in [-0.1, -0.05) is 11.6 Å². The van der Waals surface area contributed by atoms with Crippen molar-refractivity contribution >= 4 is 23.5 Å². The number of imide groups is 1. The normalized spacial score (nSPS) is 13.5. The van der Waals surface area contributed by atoms with Crippen molar-refractivity contribution in [3.05, 3.63) is 28.8 Å². The summed E-state index contributed by atoms with van der Waals surface area (Å²) >= 11 is 5.82. The number of primary amides is 1. The van der Waals surface area contributed by atoms with E-state index in [2.05, 4.69) is 0 Å². The van der Waals surface area contributed by atoms with Gasteiger partial charge in [-0.25, -0.2) is 4.79 Å². The number of carbonyl (C=O) groups excluding carboxylic acids is 2. The van der Waals surface area contributed by atoms with Crippen LogP contribution >= 0.6 is 11.6 Å². The van der Waals surface area contributed by atoms with Crippen molar-refractivity contribution in [3.8, 4) is 5.75 Å². The van der Waals surface area contributed by atoms with Gasteiger partial charge in [0.05, 0.1) is 6.10 Å². The Balaban J connectivity index is 2.87. The van der Waals surface area contributed by atoms with Crippen molar-refractivity contribution in [1.29, 1.82) is 0 Å². The summed E-state index contributed by atoms with van der Waals surface area (Å²) in [5, 5.41) is 12.0. The number of benzene rings is 1. The van der Waals surface area contributed by atoms with Crippen LogP contribution in [0.1, 0.15) is 25.5 Å². The molecule has 104 valence electrons. The average Bonchev–Trinajstić information content (AvgIpc) is 2.30. The SMILES string of the molecule is CC(Oc1ccc(Cl)cc1[C@@H](C)O)C(=O)NC(N)=O. The highest BCUT2D eigenvalue weighted by molar-refractivity contribution is 6.30. The van der Waals surface area contributed by atoms with Gasteiger partial charge in [0.1, 0.15) is 5.75 Å². The van der Waals surface area contributed by atoms with Crippen LogP contribution in [-0.2, 0) is 4.79 Å². The number of ether oxygens (including phenoxy) is 1. The number of aliphatic hydroxyl groups is 1. The Morgan fingerprint density at radius 3 is 2.58 bits per heavy atom. The molecule has 2 atom stereocenters. The number of rotatable bonds is 4. The molecule has 0 bridgehead atoms. The van der Waals surface area contributed by atoms with Crippen molar-refractivity contribution in [2.75, 3.05) is 0 Å². The van der Waals surface area contributed by atoms with E-state index in [0.717, 1.165) is 0 Å². The van der Waals surface area contributed by atoms with Crippen LogP contribution < -0.4 is 15.8 Å². The van der Waals surface area contributed by atoms with Crippen molar-refractivity contribution in [2.24, 2.45) is 5.73 Å². The van der Waals surface area contributed by atoms with Crippen molar-refractivity contribution in [1.82, 2.24) is 5.32 Å². The molecule has 0 radical (unpaired) electrons. The Hall–Kier alpha value is -1.79. The summed E-state index contributed by atoms with van der Waals surface area (Å²) in [6.45, 7) is 3.01. The third kappa shape index (κ3) is 4.42. The molecule has 1 rings (SSSR count). The first-order chi connectivity index (χ1) is 8.81. The lowest BCUT2D eigenvalue weighted by molar-refractivity contribution is -0.126. The molecule has 0 aliphatic carbocycles. The minimum Gasteiger partial charge on any atom is -0.480 e. The van der Waals surface area contributed by atoms with Crippen LogP contribution in [0.25, 0.3) is 0 Å². The summed E-state index contributed by atoms with van der Waals surface area (Å²) in [5.41, 5.74) is 5.29. The van der Waals surface area contributed by atoms with Gasteiger partial charge in [-0.3, -0.25) is 10.1 Å². The van der Waals surface area contributed by atoms with Crippen LogP contribution in [0.15, 0.2) is 18.2 Å². The molecular weight excluding hydrogens is 272 g/mol. The van der Waals surface area contributed by atoms with Crippen LogP contribution in [0.5, 0.6) is 5.75 Å². The van der Waals surface area contributed by atoms with E-state index >= 15 is 0 Å². The Kier molecular flexibility index (Phi) is 5.14. The van der Waals surface area contributed by atoms with Crippen LogP contribution in [0, 0.1) is 0 Å². The molecule has 0 saturated heterocycles. The van der Waals surface area contributed by atoms with E-state index in [1.54, 1.807) is 25.1 Å². The van der Waals surface area contributed by atoms with E-state index in [1.807, 2.05) is 5.32 Å². The number of halogens is 1. The molecule has 6 nitrogen and oxygen atoms in total. The van der Waals surface area contributed by atoms with Crippen molar-refractivity contribution in [3.63, 3.8) is 0 Å². The lowest BCUT2D eigenvalue weighted by Crippen LogP contribution is -2.42. The van der Waals surface area contributed by atoms with Gasteiger partial charge in [0, 0.05) is 10.6 Å². The van der Waals surface area contributed by atoms with Crippen molar-refractivity contribution in [2.45, 2.75) is 26.1 Å². The van der Waals surface area contributed by atoms with Gasteiger partial charge in [0.2, 0.25) is 0 Å². The summed E-state index contributed by atoms with van der Waals surface area (Å²) < 4.78 is 5.39. The molecule has 0 aromatic heterocycles. The van der Waals surface area contributed by atoms with Gasteiger partial charge in [-0.2, -0.15) is 0 Å². The first-order valence-electron chi connectivity index (χ1n) is 5.55. The highest BCUT2D eigenvalue weighted by Crippen LogP contribution is 2.29. The molecule has 0 fully saturated rings. The Morgan fingerprint density at radius 2 is 2.05 bits per heavy atom. The largest absolute Gasteiger partial charge is 0.480 e. The molecule has 0 heterocycles. The molecule has 0 aliphatic heterocycles. The number of hydrogen-bond donors (Lipinski definition) is 3. The Labute approximate surface area is 115 Å². The summed E-state index contributed by atoms with van der Waals surface area (Å²) in [5.74, 6) is -0.356. The van der Waals surface area contributed by atoms with Crippen LogP contribution in [0.4, 0.5) is 4.79 Å². The maximum Gasteiger partial charge on any atom is 0.318 e. The van der Waals surface area contributed by atoms with Gasteiger partial charge in [-0.15, -0.1) is 0 Å². The molecule has 19 heavy (non-hydrogen) atoms. The van der Waals surface area contributed by atoms with E-state index in [9.17, 15) is 14.7 Å². The fourth-order valence-corrected chi connectivity index (χ4v) is 1.60. The molecular formula is C12H15ClN2O4. The second-order valence-electron chi connectivity index (χ2n) is 3.97.